The van der Waals surface area contributed by atoms with Gasteiger partial charge in [0.1, 0.15) is 12.4 Å². The number of rotatable bonds is 7. The van der Waals surface area contributed by atoms with Gasteiger partial charge in [0.05, 0.1) is 19.8 Å². The van der Waals surface area contributed by atoms with E-state index in [1.807, 2.05) is 51.1 Å². The van der Waals surface area contributed by atoms with Crippen LogP contribution in [0.4, 0.5) is 0 Å². The first-order valence-corrected chi connectivity index (χ1v) is 11.6. The number of nitrogens with one attached hydrogen (secondary N) is 1. The van der Waals surface area contributed by atoms with Crippen molar-refractivity contribution in [3.8, 4) is 5.75 Å². The molecule has 2 aliphatic rings. The van der Waals surface area contributed by atoms with Crippen molar-refractivity contribution in [2.75, 3.05) is 19.8 Å². The number of carbonyl (C=O) groups excluding carboxylic acids is 1. The van der Waals surface area contributed by atoms with Crippen LogP contribution in [0, 0.1) is 5.41 Å². The van der Waals surface area contributed by atoms with Crippen LogP contribution < -0.4 is 10.1 Å². The number of benzene rings is 2. The molecule has 1 aliphatic heterocycles. The molecule has 1 heterocycles. The summed E-state index contributed by atoms with van der Waals surface area (Å²) in [5, 5.41) is 3.65. The molecule has 2 fully saturated rings. The molecule has 32 heavy (non-hydrogen) atoms. The average Bonchev–Trinajstić information content (AvgIpc) is 3.26. The third-order valence-electron chi connectivity index (χ3n) is 6.74. The van der Waals surface area contributed by atoms with E-state index in [4.69, 9.17) is 14.2 Å². The Morgan fingerprint density at radius 3 is 2.31 bits per heavy atom. The van der Waals surface area contributed by atoms with E-state index in [1.165, 1.54) is 0 Å². The van der Waals surface area contributed by atoms with Gasteiger partial charge in [-0.1, -0.05) is 63.2 Å². The quantitative estimate of drug-likeness (QED) is 0.662. The zero-order valence-electron chi connectivity index (χ0n) is 19.5. The summed E-state index contributed by atoms with van der Waals surface area (Å²) >= 11 is 0. The first-order chi connectivity index (χ1) is 15.3. The van der Waals surface area contributed by atoms with Crippen LogP contribution >= 0.6 is 0 Å². The first kappa shape index (κ1) is 23.0. The highest BCUT2D eigenvalue weighted by Gasteiger charge is 2.47. The molecule has 0 bridgehead atoms. The summed E-state index contributed by atoms with van der Waals surface area (Å²) in [5.41, 5.74) is 1.60. The Hall–Kier alpha value is -2.21. The molecule has 1 saturated heterocycles. The molecule has 5 nitrogen and oxygen atoms in total. The van der Waals surface area contributed by atoms with Gasteiger partial charge in [-0.25, -0.2) is 0 Å². The molecule has 4 rings (SSSR count). The van der Waals surface area contributed by atoms with Crippen molar-refractivity contribution in [2.24, 2.45) is 5.41 Å². The molecule has 0 radical (unpaired) electrons. The highest BCUT2D eigenvalue weighted by Crippen LogP contribution is 2.45. The van der Waals surface area contributed by atoms with Crippen molar-refractivity contribution >= 4 is 5.78 Å². The van der Waals surface area contributed by atoms with Crippen LogP contribution in [0.3, 0.4) is 0 Å². The Kier molecular flexibility index (Phi) is 6.70. The van der Waals surface area contributed by atoms with Crippen molar-refractivity contribution < 1.29 is 19.0 Å². The monoisotopic (exact) mass is 437 g/mol. The van der Waals surface area contributed by atoms with E-state index in [9.17, 15) is 4.79 Å². The van der Waals surface area contributed by atoms with Gasteiger partial charge >= 0.3 is 0 Å². The van der Waals surface area contributed by atoms with Gasteiger partial charge in [0, 0.05) is 23.8 Å². The van der Waals surface area contributed by atoms with E-state index in [0.29, 0.717) is 26.4 Å². The van der Waals surface area contributed by atoms with E-state index < -0.39 is 5.79 Å². The molecular weight excluding hydrogens is 402 g/mol. The summed E-state index contributed by atoms with van der Waals surface area (Å²) in [6.45, 7) is 8.09. The van der Waals surface area contributed by atoms with E-state index >= 15 is 0 Å². The summed E-state index contributed by atoms with van der Waals surface area (Å²) in [6, 6.07) is 18.5. The molecule has 0 amide bonds. The van der Waals surface area contributed by atoms with Crippen molar-refractivity contribution in [1.29, 1.82) is 0 Å². The molecule has 2 aromatic carbocycles. The van der Waals surface area contributed by atoms with Crippen LogP contribution in [0.1, 0.15) is 57.6 Å². The summed E-state index contributed by atoms with van der Waals surface area (Å²) in [7, 11) is 0. The van der Waals surface area contributed by atoms with Gasteiger partial charge in [0.2, 0.25) is 0 Å². The lowest BCUT2D eigenvalue weighted by Gasteiger charge is -2.45. The SMILES string of the molecule is CC(C)(C)C(=O)CNC1(c2cccc(OCc3ccccc3)c2)CCC2(CC1)OCCO2. The predicted octanol–water partition coefficient (Wildman–Crippen LogP) is 4.98. The summed E-state index contributed by atoms with van der Waals surface area (Å²) in [4.78, 5) is 12.7. The van der Waals surface area contributed by atoms with Crippen LogP contribution in [-0.2, 0) is 26.4 Å². The number of ether oxygens (including phenoxy) is 3. The number of Topliss-reactive ketones (excluding diaryl/α,β-unsaturated/α-hetero) is 1. The largest absolute Gasteiger partial charge is 0.489 e. The average molecular weight is 438 g/mol. The second-order valence-corrected chi connectivity index (χ2v) is 10.0. The van der Waals surface area contributed by atoms with Crippen molar-refractivity contribution in [2.45, 2.75) is 64.4 Å². The third-order valence-corrected chi connectivity index (χ3v) is 6.74. The third kappa shape index (κ3) is 5.22. The number of ketones is 1. The second-order valence-electron chi connectivity index (χ2n) is 10.0. The standard InChI is InChI=1S/C27H35NO4/c1-25(2,3)24(29)19-28-26(12-14-27(15-13-26)31-16-17-32-27)22-10-7-11-23(18-22)30-20-21-8-5-4-6-9-21/h4-11,18,28H,12-17,19-20H2,1-3H3. The van der Waals surface area contributed by atoms with E-state index in [2.05, 4.69) is 29.6 Å². The Bertz CT molecular complexity index is 903. The van der Waals surface area contributed by atoms with Crippen molar-refractivity contribution in [3.63, 3.8) is 0 Å². The maximum atomic E-state index is 12.7. The lowest BCUT2D eigenvalue weighted by Crippen LogP contribution is -2.52. The smallest absolute Gasteiger partial charge is 0.168 e. The van der Waals surface area contributed by atoms with Crippen LogP contribution in [0.5, 0.6) is 5.75 Å². The Morgan fingerprint density at radius 2 is 1.66 bits per heavy atom. The van der Waals surface area contributed by atoms with Crippen molar-refractivity contribution in [1.82, 2.24) is 5.32 Å². The lowest BCUT2D eigenvalue weighted by atomic mass is 9.74. The number of carbonyl (C=O) groups is 1. The summed E-state index contributed by atoms with van der Waals surface area (Å²) in [5.74, 6) is 0.589. The minimum atomic E-state index is -0.458. The molecule has 0 unspecified atom stereocenters. The zero-order chi connectivity index (χ0) is 22.7. The minimum absolute atomic E-state index is 0.210. The maximum absolute atomic E-state index is 12.7. The minimum Gasteiger partial charge on any atom is -0.489 e. The van der Waals surface area contributed by atoms with Gasteiger partial charge in [-0.2, -0.15) is 0 Å². The highest BCUT2D eigenvalue weighted by molar-refractivity contribution is 5.85. The zero-order valence-corrected chi connectivity index (χ0v) is 19.5. The van der Waals surface area contributed by atoms with Gasteiger partial charge in [0.15, 0.2) is 11.6 Å². The Labute approximate surface area is 191 Å². The molecule has 1 aliphatic carbocycles. The molecular formula is C27H35NO4. The second kappa shape index (κ2) is 9.34. The summed E-state index contributed by atoms with van der Waals surface area (Å²) < 4.78 is 18.0. The lowest BCUT2D eigenvalue weighted by molar-refractivity contribution is -0.187. The van der Waals surface area contributed by atoms with Gasteiger partial charge in [-0.3, -0.25) is 4.79 Å². The molecule has 1 spiro atoms. The normalized spacial score (nSPS) is 19.7. The molecule has 1 N–H and O–H groups in total. The van der Waals surface area contributed by atoms with E-state index in [-0.39, 0.29) is 16.7 Å². The fourth-order valence-electron chi connectivity index (χ4n) is 4.55. The molecule has 172 valence electrons. The predicted molar refractivity (Wildman–Crippen MR) is 124 cm³/mol. The molecule has 5 heteroatoms. The van der Waals surface area contributed by atoms with Gasteiger partial charge in [-0.05, 0) is 36.1 Å². The van der Waals surface area contributed by atoms with Gasteiger partial charge < -0.3 is 19.5 Å². The fraction of sp³-hybridized carbons (Fsp3) is 0.519. The molecule has 1 saturated carbocycles. The maximum Gasteiger partial charge on any atom is 0.168 e. The Balaban J connectivity index is 1.53. The van der Waals surface area contributed by atoms with Crippen LogP contribution in [0.25, 0.3) is 0 Å². The first-order valence-electron chi connectivity index (χ1n) is 11.6. The van der Waals surface area contributed by atoms with E-state index in [0.717, 1.165) is 42.6 Å². The highest BCUT2D eigenvalue weighted by atomic mass is 16.7. The van der Waals surface area contributed by atoms with Crippen LogP contribution in [0.2, 0.25) is 0 Å². The molecule has 0 aromatic heterocycles. The van der Waals surface area contributed by atoms with Crippen molar-refractivity contribution in [3.05, 3.63) is 65.7 Å². The summed E-state index contributed by atoms with van der Waals surface area (Å²) in [6.07, 6.45) is 3.29. The number of hydrogen-bond donors (Lipinski definition) is 1. The fourth-order valence-corrected chi connectivity index (χ4v) is 4.55. The topological polar surface area (TPSA) is 56.8 Å². The van der Waals surface area contributed by atoms with E-state index in [1.54, 1.807) is 0 Å². The Morgan fingerprint density at radius 1 is 0.969 bits per heavy atom. The van der Waals surface area contributed by atoms with Gasteiger partial charge in [0.25, 0.3) is 0 Å². The van der Waals surface area contributed by atoms with Gasteiger partial charge in [-0.15, -0.1) is 0 Å². The van der Waals surface area contributed by atoms with Crippen LogP contribution in [-0.4, -0.2) is 31.3 Å². The number of hydrogen-bond acceptors (Lipinski definition) is 5. The molecule has 0 atom stereocenters. The van der Waals surface area contributed by atoms with Crippen LogP contribution in [0.15, 0.2) is 54.6 Å². The molecule has 2 aromatic rings.